The largest absolute Gasteiger partial charge is 0.427 e. The number of β-lactam (4-membered cyclic amide) rings is 1. The van der Waals surface area contributed by atoms with E-state index >= 15 is 0 Å². The van der Waals surface area contributed by atoms with Gasteiger partial charge in [0.2, 0.25) is 6.79 Å². The third-order valence-electron chi connectivity index (χ3n) is 6.18. The second kappa shape index (κ2) is 10.6. The SMILES string of the molecule is CC(C)(C)C(=O)OCOC(=O)C1=CCS[C@H]2[C@H](NC(=O)C(=CC3CCCC3)c3csc(N)n3)C(=O)N12. The number of nitrogens with two attached hydrogens (primary N) is 1. The van der Waals surface area contributed by atoms with E-state index in [2.05, 4.69) is 10.3 Å². The third-order valence-corrected chi connectivity index (χ3v) is 8.04. The first-order chi connectivity index (χ1) is 17.1. The van der Waals surface area contributed by atoms with Gasteiger partial charge >= 0.3 is 11.9 Å². The smallest absolute Gasteiger partial charge is 0.357 e. The minimum Gasteiger partial charge on any atom is -0.427 e. The molecule has 12 heteroatoms. The monoisotopic (exact) mass is 534 g/mol. The van der Waals surface area contributed by atoms with Crippen LogP contribution in [0.25, 0.3) is 5.57 Å². The summed E-state index contributed by atoms with van der Waals surface area (Å²) in [6.45, 7) is 4.52. The zero-order valence-electron chi connectivity index (χ0n) is 20.4. The van der Waals surface area contributed by atoms with Crippen molar-refractivity contribution in [2.24, 2.45) is 11.3 Å². The van der Waals surface area contributed by atoms with Crippen molar-refractivity contribution >= 4 is 57.6 Å². The summed E-state index contributed by atoms with van der Waals surface area (Å²) in [5.41, 5.74) is 6.06. The van der Waals surface area contributed by atoms with Crippen molar-refractivity contribution < 1.29 is 28.7 Å². The number of nitrogen functional groups attached to an aromatic ring is 1. The number of thiazole rings is 1. The number of carbonyl (C=O) groups excluding carboxylic acids is 4. The fourth-order valence-corrected chi connectivity index (χ4v) is 5.98. The van der Waals surface area contributed by atoms with Crippen LogP contribution >= 0.6 is 23.1 Å². The Morgan fingerprint density at radius 2 is 1.97 bits per heavy atom. The highest BCUT2D eigenvalue weighted by molar-refractivity contribution is 8.00. The summed E-state index contributed by atoms with van der Waals surface area (Å²) >= 11 is 2.69. The molecule has 0 bridgehead atoms. The van der Waals surface area contributed by atoms with Crippen LogP contribution in [0, 0.1) is 11.3 Å². The van der Waals surface area contributed by atoms with E-state index in [1.807, 2.05) is 6.08 Å². The molecule has 1 saturated carbocycles. The van der Waals surface area contributed by atoms with Crippen LogP contribution in [0.15, 0.2) is 23.2 Å². The van der Waals surface area contributed by atoms with Gasteiger partial charge in [-0.1, -0.05) is 18.9 Å². The van der Waals surface area contributed by atoms with Gasteiger partial charge in [-0.15, -0.1) is 23.1 Å². The lowest BCUT2D eigenvalue weighted by Gasteiger charge is -2.48. The number of esters is 2. The summed E-state index contributed by atoms with van der Waals surface area (Å²) in [4.78, 5) is 56.3. The molecule has 4 rings (SSSR count). The summed E-state index contributed by atoms with van der Waals surface area (Å²) in [5.74, 6) is -1.33. The Morgan fingerprint density at radius 3 is 2.61 bits per heavy atom. The molecule has 1 aliphatic carbocycles. The summed E-state index contributed by atoms with van der Waals surface area (Å²) in [6, 6.07) is -0.791. The Labute approximate surface area is 217 Å². The maximum atomic E-state index is 13.3. The number of aromatic nitrogens is 1. The van der Waals surface area contributed by atoms with Gasteiger partial charge in [-0.2, -0.15) is 0 Å². The van der Waals surface area contributed by atoms with Crippen molar-refractivity contribution in [3.8, 4) is 0 Å². The van der Waals surface area contributed by atoms with Crippen LogP contribution in [0.4, 0.5) is 5.13 Å². The van der Waals surface area contributed by atoms with E-state index in [9.17, 15) is 19.2 Å². The van der Waals surface area contributed by atoms with Crippen molar-refractivity contribution in [3.05, 3.63) is 28.9 Å². The second-order valence-electron chi connectivity index (χ2n) is 9.90. The number of ether oxygens (including phenoxy) is 2. The van der Waals surface area contributed by atoms with Gasteiger partial charge in [0.25, 0.3) is 11.8 Å². The van der Waals surface area contributed by atoms with Gasteiger partial charge in [-0.3, -0.25) is 19.3 Å². The lowest BCUT2D eigenvalue weighted by Crippen LogP contribution is -2.70. The second-order valence-corrected chi connectivity index (χ2v) is 11.9. The Bertz CT molecular complexity index is 1120. The molecule has 10 nitrogen and oxygen atoms in total. The number of hydrogen-bond donors (Lipinski definition) is 2. The van der Waals surface area contributed by atoms with E-state index in [-0.39, 0.29) is 11.6 Å². The first-order valence-corrected chi connectivity index (χ1v) is 13.7. The minimum atomic E-state index is -0.791. The highest BCUT2D eigenvalue weighted by Gasteiger charge is 2.53. The predicted octanol–water partition coefficient (Wildman–Crippen LogP) is 2.67. The fourth-order valence-electron chi connectivity index (χ4n) is 4.22. The number of fused-ring (bicyclic) bond motifs is 1. The normalized spacial score (nSPS) is 22.4. The van der Waals surface area contributed by atoms with E-state index in [0.29, 0.717) is 22.2 Å². The zero-order valence-corrected chi connectivity index (χ0v) is 22.1. The first-order valence-electron chi connectivity index (χ1n) is 11.8. The third kappa shape index (κ3) is 5.59. The van der Waals surface area contributed by atoms with E-state index in [0.717, 1.165) is 25.7 Å². The topological polar surface area (TPSA) is 141 Å². The molecule has 1 aromatic rings. The van der Waals surface area contributed by atoms with E-state index in [1.54, 1.807) is 32.2 Å². The molecule has 0 aromatic carbocycles. The number of nitrogens with one attached hydrogen (secondary N) is 1. The standard InChI is InChI=1S/C24H30N4O6S2/c1-24(2,3)22(32)34-12-33-21(31)16-8-9-35-20-17(19(30)28(16)20)27-18(29)14(10-13-6-4-5-7-13)15-11-36-23(25)26-15/h8,10-11,13,17,20H,4-7,9,12H2,1-3H3,(H2,25,26)(H,27,29)/t17-,20+/m1/s1. The molecular weight excluding hydrogens is 504 g/mol. The predicted molar refractivity (Wildman–Crippen MR) is 136 cm³/mol. The van der Waals surface area contributed by atoms with Crippen LogP contribution in [0.2, 0.25) is 0 Å². The molecule has 3 N–H and O–H groups in total. The first kappa shape index (κ1) is 26.2. The highest BCUT2D eigenvalue weighted by atomic mass is 32.2. The van der Waals surface area contributed by atoms with Crippen LogP contribution in [0.1, 0.15) is 52.1 Å². The number of amides is 2. The molecule has 2 fully saturated rings. The van der Waals surface area contributed by atoms with Crippen molar-refractivity contribution in [2.45, 2.75) is 57.9 Å². The van der Waals surface area contributed by atoms with E-state index in [4.69, 9.17) is 15.2 Å². The van der Waals surface area contributed by atoms with Crippen LogP contribution in [0.3, 0.4) is 0 Å². The number of rotatable bonds is 7. The summed E-state index contributed by atoms with van der Waals surface area (Å²) in [7, 11) is 0. The maximum absolute atomic E-state index is 13.3. The highest BCUT2D eigenvalue weighted by Crippen LogP contribution is 2.38. The summed E-state index contributed by atoms with van der Waals surface area (Å²) in [5, 5.41) is 4.50. The summed E-state index contributed by atoms with van der Waals surface area (Å²) < 4.78 is 10.0. The van der Waals surface area contributed by atoms with Gasteiger partial charge in [0.1, 0.15) is 17.1 Å². The number of hydrogen-bond acceptors (Lipinski definition) is 10. The quantitative estimate of drug-likeness (QED) is 0.234. The molecule has 1 saturated heterocycles. The van der Waals surface area contributed by atoms with Crippen molar-refractivity contribution in [1.82, 2.24) is 15.2 Å². The van der Waals surface area contributed by atoms with Crippen molar-refractivity contribution in [2.75, 3.05) is 18.3 Å². The van der Waals surface area contributed by atoms with Crippen LogP contribution < -0.4 is 11.1 Å². The van der Waals surface area contributed by atoms with Crippen LogP contribution in [-0.4, -0.2) is 57.6 Å². The molecule has 3 aliphatic rings. The molecule has 36 heavy (non-hydrogen) atoms. The van der Waals surface area contributed by atoms with Gasteiger partial charge in [0.05, 0.1) is 16.7 Å². The fraction of sp³-hybridized carbons (Fsp3) is 0.542. The number of nitrogens with zero attached hydrogens (tertiary/aromatic N) is 2. The van der Waals surface area contributed by atoms with E-state index < -0.39 is 47.4 Å². The molecule has 0 radical (unpaired) electrons. The molecule has 2 aliphatic heterocycles. The zero-order chi connectivity index (χ0) is 26.0. The van der Waals surface area contributed by atoms with Gasteiger partial charge in [0, 0.05) is 11.1 Å². The van der Waals surface area contributed by atoms with E-state index in [1.165, 1.54) is 28.0 Å². The molecule has 3 heterocycles. The molecule has 194 valence electrons. The van der Waals surface area contributed by atoms with Gasteiger partial charge in [-0.25, -0.2) is 9.78 Å². The lowest BCUT2D eigenvalue weighted by molar-refractivity contribution is -0.173. The molecule has 2 amide bonds. The number of allylic oxidation sites excluding steroid dienone is 1. The number of thioether (sulfide) groups is 1. The molecule has 1 aromatic heterocycles. The Hall–Kier alpha value is -2.86. The molecular formula is C24H30N4O6S2. The molecule has 0 unspecified atom stereocenters. The molecule has 2 atom stereocenters. The molecule has 0 spiro atoms. The Kier molecular flexibility index (Phi) is 7.74. The number of anilines is 1. The Morgan fingerprint density at radius 1 is 1.25 bits per heavy atom. The van der Waals surface area contributed by atoms with Crippen LogP contribution in [0.5, 0.6) is 0 Å². The lowest BCUT2D eigenvalue weighted by atomic mass is 9.98. The maximum Gasteiger partial charge on any atom is 0.357 e. The summed E-state index contributed by atoms with van der Waals surface area (Å²) in [6.07, 6.45) is 7.77. The van der Waals surface area contributed by atoms with Gasteiger partial charge < -0.3 is 20.5 Å². The Balaban J connectivity index is 1.40. The van der Waals surface area contributed by atoms with Crippen LogP contribution in [-0.2, 0) is 28.7 Å². The average molecular weight is 535 g/mol. The van der Waals surface area contributed by atoms with Crippen molar-refractivity contribution in [1.29, 1.82) is 0 Å². The number of carbonyl (C=O) groups is 4. The van der Waals surface area contributed by atoms with Crippen molar-refractivity contribution in [3.63, 3.8) is 0 Å². The average Bonchev–Trinajstić information content (AvgIpc) is 3.50. The van der Waals surface area contributed by atoms with Gasteiger partial charge in [-0.05, 0) is 45.6 Å². The minimum absolute atomic E-state index is 0.0788. The van der Waals surface area contributed by atoms with Gasteiger partial charge in [0.15, 0.2) is 5.13 Å².